The molecule has 4 aromatic rings. The molecule has 12 heteroatoms. The number of fused-ring (bicyclic) bond motifs is 2. The minimum atomic E-state index is -3.81. The molecule has 0 saturated heterocycles. The lowest BCUT2D eigenvalue weighted by Crippen LogP contribution is -2.37. The summed E-state index contributed by atoms with van der Waals surface area (Å²) in [6.45, 7) is 1.31. The van der Waals surface area contributed by atoms with Crippen molar-refractivity contribution in [3.05, 3.63) is 70.0 Å². The maximum atomic E-state index is 14.4. The third-order valence-electron chi connectivity index (χ3n) is 7.06. The number of nitriles is 1. The van der Waals surface area contributed by atoms with Crippen LogP contribution in [-0.4, -0.2) is 28.5 Å². The number of carbonyl (C=O) groups excluding carboxylic acids is 1. The molecule has 1 fully saturated rings. The Morgan fingerprint density at radius 3 is 2.65 bits per heavy atom. The van der Waals surface area contributed by atoms with Crippen LogP contribution in [-0.2, 0) is 11.3 Å². The maximum absolute atomic E-state index is 14.4. The monoisotopic (exact) mass is 550 g/mol. The zero-order chi connectivity index (χ0) is 28.2. The van der Waals surface area contributed by atoms with Gasteiger partial charge in [0.25, 0.3) is 5.56 Å². The molecule has 2 aromatic heterocycles. The molecule has 0 spiro atoms. The Morgan fingerprint density at radius 1 is 1.18 bits per heavy atom. The number of rotatable bonds is 6. The van der Waals surface area contributed by atoms with Gasteiger partial charge < -0.3 is 18.8 Å². The van der Waals surface area contributed by atoms with Crippen molar-refractivity contribution in [1.29, 1.82) is 5.26 Å². The lowest BCUT2D eigenvalue weighted by molar-refractivity contribution is -0.286. The van der Waals surface area contributed by atoms with E-state index in [2.05, 4.69) is 14.6 Å². The van der Waals surface area contributed by atoms with Gasteiger partial charge in [-0.05, 0) is 56.2 Å². The van der Waals surface area contributed by atoms with Gasteiger partial charge in [-0.3, -0.25) is 9.59 Å². The van der Waals surface area contributed by atoms with E-state index in [9.17, 15) is 28.0 Å². The van der Waals surface area contributed by atoms with Crippen molar-refractivity contribution in [2.45, 2.75) is 44.9 Å². The highest BCUT2D eigenvalue weighted by Gasteiger charge is 2.43. The summed E-state index contributed by atoms with van der Waals surface area (Å²) < 4.78 is 57.2. The summed E-state index contributed by atoms with van der Waals surface area (Å²) >= 11 is 0. The molecule has 2 aromatic carbocycles. The molecule has 1 saturated carbocycles. The van der Waals surface area contributed by atoms with Crippen LogP contribution in [0.1, 0.15) is 43.4 Å². The van der Waals surface area contributed by atoms with E-state index in [1.54, 1.807) is 13.0 Å². The van der Waals surface area contributed by atoms with Crippen molar-refractivity contribution in [2.24, 2.45) is 0 Å². The number of alkyl halides is 2. The number of nitrogens with zero attached hydrogens (tertiary/aromatic N) is 4. The number of hydrogen-bond acceptors (Lipinski definition) is 7. The number of hydrogen-bond donors (Lipinski definition) is 0. The molecule has 1 amide bonds. The van der Waals surface area contributed by atoms with Gasteiger partial charge in [-0.15, -0.1) is 8.78 Å². The summed E-state index contributed by atoms with van der Waals surface area (Å²) in [5.41, 5.74) is 0.184. The largest absolute Gasteiger partial charge is 0.586 e. The molecule has 0 radical (unpaired) electrons. The number of halogens is 3. The number of amides is 1. The van der Waals surface area contributed by atoms with Crippen LogP contribution in [0.25, 0.3) is 22.2 Å². The highest BCUT2D eigenvalue weighted by Crippen LogP contribution is 2.43. The summed E-state index contributed by atoms with van der Waals surface area (Å²) in [6, 6.07) is 11.1. The quantitative estimate of drug-likeness (QED) is 0.320. The van der Waals surface area contributed by atoms with E-state index < -0.39 is 30.1 Å². The smallest absolute Gasteiger partial charge is 0.458 e. The van der Waals surface area contributed by atoms with E-state index in [1.807, 2.05) is 6.07 Å². The number of carbonyl (C=O) groups is 1. The second kappa shape index (κ2) is 9.44. The first-order valence-electron chi connectivity index (χ1n) is 12.6. The van der Waals surface area contributed by atoms with Crippen LogP contribution in [0.15, 0.2) is 51.7 Å². The highest BCUT2D eigenvalue weighted by molar-refractivity contribution is 5.94. The molecular weight excluding hydrogens is 529 g/mol. The minimum absolute atomic E-state index is 0.0510. The molecule has 0 N–H and O–H groups in total. The zero-order valence-corrected chi connectivity index (χ0v) is 21.1. The molecule has 3 heterocycles. The Hall–Kier alpha value is -4.79. The molecule has 0 bridgehead atoms. The van der Waals surface area contributed by atoms with E-state index in [4.69, 9.17) is 4.42 Å². The average Bonchev–Trinajstić information content (AvgIpc) is 3.44. The minimum Gasteiger partial charge on any atom is -0.458 e. The molecule has 0 unspecified atom stereocenters. The Balaban J connectivity index is 1.41. The lowest BCUT2D eigenvalue weighted by Gasteiger charge is -2.22. The fourth-order valence-corrected chi connectivity index (χ4v) is 4.90. The van der Waals surface area contributed by atoms with E-state index in [1.165, 1.54) is 35.2 Å². The van der Waals surface area contributed by atoms with Crippen LogP contribution in [0.4, 0.5) is 18.9 Å². The molecule has 9 nitrogen and oxygen atoms in total. The van der Waals surface area contributed by atoms with Gasteiger partial charge in [-0.1, -0.05) is 6.42 Å². The summed E-state index contributed by atoms with van der Waals surface area (Å²) in [4.78, 5) is 28.2. The predicted molar refractivity (Wildman–Crippen MR) is 136 cm³/mol. The van der Waals surface area contributed by atoms with Crippen molar-refractivity contribution < 1.29 is 31.9 Å². The third-order valence-corrected chi connectivity index (χ3v) is 7.06. The van der Waals surface area contributed by atoms with E-state index in [-0.39, 0.29) is 57.4 Å². The van der Waals surface area contributed by atoms with Crippen LogP contribution >= 0.6 is 0 Å². The molecule has 0 atom stereocenters. The van der Waals surface area contributed by atoms with Gasteiger partial charge in [0.05, 0.1) is 17.0 Å². The fraction of sp³-hybridized carbons (Fsp3) is 0.286. The number of anilines is 1. The number of aromatic nitrogens is 2. The van der Waals surface area contributed by atoms with Crippen LogP contribution in [0.3, 0.4) is 0 Å². The van der Waals surface area contributed by atoms with Crippen LogP contribution in [0.5, 0.6) is 11.5 Å². The first kappa shape index (κ1) is 25.5. The first-order chi connectivity index (χ1) is 19.2. The van der Waals surface area contributed by atoms with Crippen molar-refractivity contribution in [3.63, 3.8) is 0 Å². The standard InChI is InChI=1S/C28H21F3N4O5/c1-2-34(19-6-7-21-23(11-19)40-28(30,31)39-21)24(36)14-35-27(37)20-12-22(16-4-3-5-16)38-26(20)25(33-35)17-8-15(13-32)9-18(29)10-17/h6-12,16H,2-5,14H2,1H3. The second-order valence-electron chi connectivity index (χ2n) is 9.61. The number of ether oxygens (including phenoxy) is 2. The molecule has 204 valence electrons. The predicted octanol–water partition coefficient (Wildman–Crippen LogP) is 5.31. The Bertz CT molecular complexity index is 1770. The van der Waals surface area contributed by atoms with Crippen molar-refractivity contribution in [2.75, 3.05) is 11.4 Å². The van der Waals surface area contributed by atoms with E-state index in [0.29, 0.717) is 5.76 Å². The average molecular weight is 550 g/mol. The summed E-state index contributed by atoms with van der Waals surface area (Å²) in [5.74, 6) is -0.879. The molecule has 40 heavy (non-hydrogen) atoms. The Labute approximate surface area is 224 Å². The van der Waals surface area contributed by atoms with Crippen molar-refractivity contribution >= 4 is 22.6 Å². The number of likely N-dealkylation sites (N-methyl/N-ethyl adjacent to an activating group) is 1. The summed E-state index contributed by atoms with van der Waals surface area (Å²) in [6.07, 6.45) is -0.969. The summed E-state index contributed by atoms with van der Waals surface area (Å²) in [7, 11) is 0. The van der Waals surface area contributed by atoms with Crippen molar-refractivity contribution in [3.8, 4) is 28.8 Å². The van der Waals surface area contributed by atoms with Crippen molar-refractivity contribution in [1.82, 2.24) is 9.78 Å². The SMILES string of the molecule is CCN(C(=O)Cn1nc(-c2cc(F)cc(C#N)c2)c2oc(C3CCC3)cc2c1=O)c1ccc2c(c1)OC(F)(F)O2. The zero-order valence-electron chi connectivity index (χ0n) is 21.1. The van der Waals surface area contributed by atoms with Crippen LogP contribution in [0, 0.1) is 17.1 Å². The van der Waals surface area contributed by atoms with Crippen LogP contribution in [0.2, 0.25) is 0 Å². The molecule has 6 rings (SSSR count). The van der Waals surface area contributed by atoms with E-state index in [0.717, 1.165) is 30.0 Å². The summed E-state index contributed by atoms with van der Waals surface area (Å²) in [5, 5.41) is 13.9. The number of benzene rings is 2. The van der Waals surface area contributed by atoms with E-state index >= 15 is 0 Å². The molecule has 1 aliphatic heterocycles. The Kier molecular flexibility index (Phi) is 6.02. The van der Waals surface area contributed by atoms with Gasteiger partial charge in [0, 0.05) is 29.8 Å². The van der Waals surface area contributed by atoms with Gasteiger partial charge in [0.1, 0.15) is 23.8 Å². The lowest BCUT2D eigenvalue weighted by atomic mass is 9.83. The van der Waals surface area contributed by atoms with Gasteiger partial charge in [0.2, 0.25) is 5.91 Å². The van der Waals surface area contributed by atoms with Crippen LogP contribution < -0.4 is 19.9 Å². The fourth-order valence-electron chi connectivity index (χ4n) is 4.90. The van der Waals surface area contributed by atoms with Gasteiger partial charge >= 0.3 is 6.29 Å². The topological polar surface area (TPSA) is 111 Å². The van der Waals surface area contributed by atoms with Gasteiger partial charge in [-0.25, -0.2) is 9.07 Å². The molecule has 1 aliphatic carbocycles. The second-order valence-corrected chi connectivity index (χ2v) is 9.61. The van der Waals surface area contributed by atoms with Gasteiger partial charge in [0.15, 0.2) is 17.1 Å². The third kappa shape index (κ3) is 4.43. The Morgan fingerprint density at radius 2 is 1.95 bits per heavy atom. The van der Waals surface area contributed by atoms with Gasteiger partial charge in [-0.2, -0.15) is 10.4 Å². The first-order valence-corrected chi connectivity index (χ1v) is 12.6. The number of furan rings is 1. The normalized spacial score (nSPS) is 15.6. The molecule has 2 aliphatic rings. The maximum Gasteiger partial charge on any atom is 0.586 e. The molecular formula is C28H21F3N4O5. The highest BCUT2D eigenvalue weighted by atomic mass is 19.3.